The predicted molar refractivity (Wildman–Crippen MR) is 89.2 cm³/mol. The van der Waals surface area contributed by atoms with Crippen LogP contribution in [0.5, 0.6) is 5.75 Å². The molecule has 0 unspecified atom stereocenters. The Hall–Kier alpha value is -1.95. The second kappa shape index (κ2) is 8.06. The molecule has 1 aromatic carbocycles. The molecule has 1 fully saturated rings. The fraction of sp³-hybridized carbons (Fsp3) is 0.500. The minimum Gasteiger partial charge on any atom is -0.495 e. The Morgan fingerprint density at radius 2 is 1.87 bits per heavy atom. The summed E-state index contributed by atoms with van der Waals surface area (Å²) in [6, 6.07) is 4.94. The number of nitrogens with zero attached hydrogens (tertiary/aromatic N) is 2. The minimum absolute atomic E-state index is 0.0635. The van der Waals surface area contributed by atoms with Gasteiger partial charge in [-0.1, -0.05) is 18.5 Å². The molecule has 0 aromatic heterocycles. The number of piperazine rings is 1. The van der Waals surface area contributed by atoms with Gasteiger partial charge < -0.3 is 19.9 Å². The molecule has 6 nitrogen and oxygen atoms in total. The predicted octanol–water partition coefficient (Wildman–Crippen LogP) is 2.23. The van der Waals surface area contributed by atoms with Crippen molar-refractivity contribution in [2.45, 2.75) is 13.3 Å². The third kappa shape index (κ3) is 4.28. The van der Waals surface area contributed by atoms with E-state index in [0.717, 1.165) is 6.42 Å². The van der Waals surface area contributed by atoms with Gasteiger partial charge in [0.1, 0.15) is 5.75 Å². The molecule has 0 spiro atoms. The van der Waals surface area contributed by atoms with Crippen molar-refractivity contribution in [2.24, 2.45) is 0 Å². The van der Waals surface area contributed by atoms with E-state index >= 15 is 0 Å². The van der Waals surface area contributed by atoms with Gasteiger partial charge in [0, 0.05) is 38.3 Å². The Balaban J connectivity index is 1.93. The first-order valence-electron chi connectivity index (χ1n) is 7.72. The highest BCUT2D eigenvalue weighted by Crippen LogP contribution is 2.25. The van der Waals surface area contributed by atoms with Crippen molar-refractivity contribution >= 4 is 23.5 Å². The highest BCUT2D eigenvalue weighted by molar-refractivity contribution is 6.32. The number of amides is 3. The highest BCUT2D eigenvalue weighted by Gasteiger charge is 2.25. The number of hydrogen-bond donors (Lipinski definition) is 1. The fourth-order valence-corrected chi connectivity index (χ4v) is 2.70. The molecule has 1 aliphatic heterocycles. The van der Waals surface area contributed by atoms with Gasteiger partial charge in [0.2, 0.25) is 0 Å². The summed E-state index contributed by atoms with van der Waals surface area (Å²) in [5, 5.41) is 3.26. The zero-order chi connectivity index (χ0) is 16.8. The molecule has 0 aliphatic carbocycles. The average Bonchev–Trinajstić information content (AvgIpc) is 2.59. The standard InChI is InChI=1S/C16H22ClN3O3/c1-3-6-18-16(22)20-9-7-19(8-10-20)15(21)12-4-5-14(23-2)13(17)11-12/h4-5,11H,3,6-10H2,1-2H3,(H,18,22). The van der Waals surface area contributed by atoms with Crippen LogP contribution >= 0.6 is 11.6 Å². The number of ether oxygens (including phenoxy) is 1. The number of urea groups is 1. The van der Waals surface area contributed by atoms with Crippen LogP contribution in [-0.2, 0) is 0 Å². The normalized spacial score (nSPS) is 14.6. The van der Waals surface area contributed by atoms with Crippen LogP contribution < -0.4 is 10.1 Å². The molecule has 1 N–H and O–H groups in total. The minimum atomic E-state index is -0.0804. The SMILES string of the molecule is CCCNC(=O)N1CCN(C(=O)c2ccc(OC)c(Cl)c2)CC1. The number of benzene rings is 1. The summed E-state index contributed by atoms with van der Waals surface area (Å²) < 4.78 is 5.09. The van der Waals surface area contributed by atoms with Crippen LogP contribution in [0.3, 0.4) is 0 Å². The number of nitrogens with one attached hydrogen (secondary N) is 1. The largest absolute Gasteiger partial charge is 0.495 e. The number of rotatable bonds is 4. The van der Waals surface area contributed by atoms with Crippen LogP contribution in [0.1, 0.15) is 23.7 Å². The maximum atomic E-state index is 12.5. The smallest absolute Gasteiger partial charge is 0.317 e. The average molecular weight is 340 g/mol. The second-order valence-corrected chi connectivity index (χ2v) is 5.77. The first-order chi connectivity index (χ1) is 11.1. The van der Waals surface area contributed by atoms with Crippen molar-refractivity contribution in [3.63, 3.8) is 0 Å². The van der Waals surface area contributed by atoms with Gasteiger partial charge >= 0.3 is 6.03 Å². The third-order valence-electron chi connectivity index (χ3n) is 3.78. The van der Waals surface area contributed by atoms with Crippen LogP contribution in [0.25, 0.3) is 0 Å². The van der Waals surface area contributed by atoms with E-state index in [1.165, 1.54) is 7.11 Å². The first kappa shape index (κ1) is 17.4. The summed E-state index contributed by atoms with van der Waals surface area (Å²) in [5.74, 6) is 0.462. The summed E-state index contributed by atoms with van der Waals surface area (Å²) in [5.41, 5.74) is 0.527. The maximum Gasteiger partial charge on any atom is 0.317 e. The van der Waals surface area contributed by atoms with Crippen molar-refractivity contribution in [1.29, 1.82) is 0 Å². The summed E-state index contributed by atoms with van der Waals surface area (Å²) in [4.78, 5) is 27.9. The Morgan fingerprint density at radius 1 is 1.22 bits per heavy atom. The lowest BCUT2D eigenvalue weighted by Gasteiger charge is -2.34. The Labute approximate surface area is 141 Å². The summed E-state index contributed by atoms with van der Waals surface area (Å²) in [6.07, 6.45) is 0.905. The van der Waals surface area contributed by atoms with Crippen LogP contribution in [0.4, 0.5) is 4.79 Å². The highest BCUT2D eigenvalue weighted by atomic mass is 35.5. The quantitative estimate of drug-likeness (QED) is 0.915. The van der Waals surface area contributed by atoms with E-state index in [1.54, 1.807) is 28.0 Å². The molecule has 0 atom stereocenters. The van der Waals surface area contributed by atoms with E-state index in [2.05, 4.69) is 5.32 Å². The molecule has 0 saturated carbocycles. The van der Waals surface area contributed by atoms with E-state index in [-0.39, 0.29) is 11.9 Å². The van der Waals surface area contributed by atoms with E-state index in [9.17, 15) is 9.59 Å². The molecule has 1 aromatic rings. The zero-order valence-corrected chi connectivity index (χ0v) is 14.2. The Morgan fingerprint density at radius 3 is 2.43 bits per heavy atom. The molecule has 0 radical (unpaired) electrons. The number of hydrogen-bond acceptors (Lipinski definition) is 3. The van der Waals surface area contributed by atoms with Crippen molar-refractivity contribution in [3.05, 3.63) is 28.8 Å². The topological polar surface area (TPSA) is 61.9 Å². The van der Waals surface area contributed by atoms with Gasteiger partial charge in [0.15, 0.2) is 0 Å². The molecule has 1 saturated heterocycles. The van der Waals surface area contributed by atoms with E-state index in [1.807, 2.05) is 6.92 Å². The molecule has 126 valence electrons. The molecule has 1 aliphatic rings. The van der Waals surface area contributed by atoms with Crippen LogP contribution in [0, 0.1) is 0 Å². The monoisotopic (exact) mass is 339 g/mol. The molecule has 2 rings (SSSR count). The molecule has 3 amide bonds. The second-order valence-electron chi connectivity index (χ2n) is 5.36. The van der Waals surface area contributed by atoms with Gasteiger partial charge in [0.25, 0.3) is 5.91 Å². The van der Waals surface area contributed by atoms with Crippen molar-refractivity contribution in [3.8, 4) is 5.75 Å². The molecule has 23 heavy (non-hydrogen) atoms. The van der Waals surface area contributed by atoms with E-state index in [0.29, 0.717) is 49.1 Å². The van der Waals surface area contributed by atoms with Crippen LogP contribution in [0.2, 0.25) is 5.02 Å². The fourth-order valence-electron chi connectivity index (χ4n) is 2.44. The van der Waals surface area contributed by atoms with Gasteiger partial charge in [-0.2, -0.15) is 0 Å². The zero-order valence-electron chi connectivity index (χ0n) is 13.5. The lowest BCUT2D eigenvalue weighted by atomic mass is 10.1. The van der Waals surface area contributed by atoms with Gasteiger partial charge in [-0.15, -0.1) is 0 Å². The number of halogens is 1. The molecule has 1 heterocycles. The maximum absolute atomic E-state index is 12.5. The van der Waals surface area contributed by atoms with Crippen LogP contribution in [-0.4, -0.2) is 61.6 Å². The van der Waals surface area contributed by atoms with Gasteiger partial charge in [-0.05, 0) is 24.6 Å². The summed E-state index contributed by atoms with van der Waals surface area (Å²) >= 11 is 6.07. The van der Waals surface area contributed by atoms with Gasteiger partial charge in [-0.25, -0.2) is 4.79 Å². The molecule has 7 heteroatoms. The molecule has 0 bridgehead atoms. The van der Waals surface area contributed by atoms with Gasteiger partial charge in [-0.3, -0.25) is 4.79 Å². The lowest BCUT2D eigenvalue weighted by molar-refractivity contribution is 0.0665. The number of methoxy groups -OCH3 is 1. The summed E-state index contributed by atoms with van der Waals surface area (Å²) in [6.45, 7) is 4.78. The third-order valence-corrected chi connectivity index (χ3v) is 4.07. The Bertz CT molecular complexity index is 572. The Kier molecular flexibility index (Phi) is 6.10. The van der Waals surface area contributed by atoms with E-state index < -0.39 is 0 Å². The molecular formula is C16H22ClN3O3. The van der Waals surface area contributed by atoms with Crippen LogP contribution in [0.15, 0.2) is 18.2 Å². The van der Waals surface area contributed by atoms with Gasteiger partial charge in [0.05, 0.1) is 12.1 Å². The first-order valence-corrected chi connectivity index (χ1v) is 8.10. The summed E-state index contributed by atoms with van der Waals surface area (Å²) in [7, 11) is 1.53. The van der Waals surface area contributed by atoms with E-state index in [4.69, 9.17) is 16.3 Å². The number of carbonyl (C=O) groups excluding carboxylic acids is 2. The molecular weight excluding hydrogens is 318 g/mol. The van der Waals surface area contributed by atoms with Crippen molar-refractivity contribution < 1.29 is 14.3 Å². The lowest BCUT2D eigenvalue weighted by Crippen LogP contribution is -2.53. The number of carbonyl (C=O) groups is 2. The van der Waals surface area contributed by atoms with Crippen molar-refractivity contribution in [1.82, 2.24) is 15.1 Å². The van der Waals surface area contributed by atoms with Crippen molar-refractivity contribution in [2.75, 3.05) is 39.8 Å².